The lowest BCUT2D eigenvalue weighted by atomic mass is 10.1. The van der Waals surface area contributed by atoms with Crippen LogP contribution in [-0.2, 0) is 7.05 Å². The van der Waals surface area contributed by atoms with Crippen molar-refractivity contribution < 1.29 is 9.53 Å². The molecule has 1 atom stereocenters. The second kappa shape index (κ2) is 5.75. The van der Waals surface area contributed by atoms with E-state index in [0.29, 0.717) is 5.75 Å². The predicted octanol–water partition coefficient (Wildman–Crippen LogP) is 2.13. The molecule has 1 amide bonds. The molecule has 1 heterocycles. The maximum Gasteiger partial charge on any atom is 0.409 e. The summed E-state index contributed by atoms with van der Waals surface area (Å²) in [5.74, 6) is 0.440. The summed E-state index contributed by atoms with van der Waals surface area (Å²) in [7, 11) is 1.89. The number of aryl methyl sites for hydroxylation is 1. The maximum atomic E-state index is 10.7. The Hall–Kier alpha value is -2.02. The average molecular weight is 278 g/mol. The molecule has 0 radical (unpaired) electrons. The fourth-order valence-corrected chi connectivity index (χ4v) is 2.46. The Labute approximate surface area is 115 Å². The van der Waals surface area contributed by atoms with Gasteiger partial charge in [-0.05, 0) is 24.6 Å². The Balaban J connectivity index is 2.12. The molecule has 2 rings (SSSR count). The van der Waals surface area contributed by atoms with Crippen LogP contribution in [0.25, 0.3) is 0 Å². The summed E-state index contributed by atoms with van der Waals surface area (Å²) < 4.78 is 6.71. The summed E-state index contributed by atoms with van der Waals surface area (Å²) in [6.45, 7) is 2.04. The summed E-state index contributed by atoms with van der Waals surface area (Å²) in [5.41, 5.74) is 6.01. The van der Waals surface area contributed by atoms with Gasteiger partial charge in [-0.15, -0.1) is 10.2 Å². The summed E-state index contributed by atoms with van der Waals surface area (Å²) in [5, 5.41) is 8.83. The Morgan fingerprint density at radius 1 is 1.53 bits per heavy atom. The maximum absolute atomic E-state index is 10.7. The molecule has 19 heavy (non-hydrogen) atoms. The van der Waals surface area contributed by atoms with Gasteiger partial charge in [-0.3, -0.25) is 0 Å². The highest BCUT2D eigenvalue weighted by atomic mass is 32.2. The molecule has 100 valence electrons. The van der Waals surface area contributed by atoms with E-state index in [9.17, 15) is 4.79 Å². The number of carbonyl (C=O) groups is 1. The van der Waals surface area contributed by atoms with Gasteiger partial charge in [0.25, 0.3) is 0 Å². The number of hydrogen-bond acceptors (Lipinski definition) is 5. The summed E-state index contributed by atoms with van der Waals surface area (Å²) in [6.07, 6.45) is 0.840. The van der Waals surface area contributed by atoms with Crippen LogP contribution < -0.4 is 10.5 Å². The van der Waals surface area contributed by atoms with Gasteiger partial charge in [-0.25, -0.2) is 4.79 Å². The van der Waals surface area contributed by atoms with Crippen LogP contribution in [0, 0.1) is 0 Å². The third-order valence-electron chi connectivity index (χ3n) is 2.50. The van der Waals surface area contributed by atoms with Crippen molar-refractivity contribution in [1.82, 2.24) is 14.8 Å². The molecule has 0 unspecified atom stereocenters. The van der Waals surface area contributed by atoms with Crippen LogP contribution in [0.5, 0.6) is 5.75 Å². The van der Waals surface area contributed by atoms with Gasteiger partial charge in [0.15, 0.2) is 5.16 Å². The Kier molecular flexibility index (Phi) is 4.06. The minimum Gasteiger partial charge on any atom is -0.410 e. The predicted molar refractivity (Wildman–Crippen MR) is 71.9 cm³/mol. The van der Waals surface area contributed by atoms with Crippen LogP contribution in [-0.4, -0.2) is 20.9 Å². The summed E-state index contributed by atoms with van der Waals surface area (Å²) >= 11 is 1.58. The minimum absolute atomic E-state index is 0.152. The van der Waals surface area contributed by atoms with Crippen LogP contribution in [0.1, 0.15) is 17.7 Å². The van der Waals surface area contributed by atoms with Gasteiger partial charge in [0.2, 0.25) is 0 Å². The van der Waals surface area contributed by atoms with E-state index >= 15 is 0 Å². The number of primary amides is 1. The SMILES string of the molecule is C[C@H](Sc1nncn1C)c1cccc(OC(N)=O)c1. The molecule has 7 heteroatoms. The van der Waals surface area contributed by atoms with E-state index in [0.717, 1.165) is 10.7 Å². The first kappa shape index (κ1) is 13.4. The minimum atomic E-state index is -0.814. The Morgan fingerprint density at radius 3 is 2.95 bits per heavy atom. The Morgan fingerprint density at radius 2 is 2.32 bits per heavy atom. The van der Waals surface area contributed by atoms with Gasteiger partial charge in [-0.1, -0.05) is 23.9 Å². The Bertz CT molecular complexity index is 585. The van der Waals surface area contributed by atoms with Crippen molar-refractivity contribution in [3.05, 3.63) is 36.2 Å². The molecule has 0 saturated heterocycles. The lowest BCUT2D eigenvalue weighted by Crippen LogP contribution is -2.16. The molecule has 6 nitrogen and oxygen atoms in total. The lowest BCUT2D eigenvalue weighted by Gasteiger charge is -2.11. The van der Waals surface area contributed by atoms with Crippen LogP contribution in [0.15, 0.2) is 35.7 Å². The van der Waals surface area contributed by atoms with Crippen molar-refractivity contribution in [1.29, 1.82) is 0 Å². The highest BCUT2D eigenvalue weighted by molar-refractivity contribution is 7.99. The van der Waals surface area contributed by atoms with Crippen molar-refractivity contribution in [2.24, 2.45) is 12.8 Å². The number of aromatic nitrogens is 3. The van der Waals surface area contributed by atoms with E-state index in [1.807, 2.05) is 30.7 Å². The van der Waals surface area contributed by atoms with Crippen molar-refractivity contribution >= 4 is 17.9 Å². The van der Waals surface area contributed by atoms with E-state index in [1.54, 1.807) is 30.2 Å². The average Bonchev–Trinajstić information content (AvgIpc) is 2.74. The van der Waals surface area contributed by atoms with Gasteiger partial charge < -0.3 is 15.0 Å². The number of hydrogen-bond donors (Lipinski definition) is 1. The van der Waals surface area contributed by atoms with Crippen molar-refractivity contribution in [2.75, 3.05) is 0 Å². The molecule has 0 spiro atoms. The van der Waals surface area contributed by atoms with E-state index in [4.69, 9.17) is 10.5 Å². The van der Waals surface area contributed by atoms with Crippen LogP contribution >= 0.6 is 11.8 Å². The molecule has 0 aliphatic rings. The molecule has 0 aliphatic carbocycles. The van der Waals surface area contributed by atoms with Crippen LogP contribution in [0.2, 0.25) is 0 Å². The first-order valence-electron chi connectivity index (χ1n) is 5.64. The third-order valence-corrected chi connectivity index (χ3v) is 3.70. The van der Waals surface area contributed by atoms with Crippen molar-refractivity contribution in [2.45, 2.75) is 17.3 Å². The van der Waals surface area contributed by atoms with E-state index in [1.165, 1.54) is 0 Å². The lowest BCUT2D eigenvalue weighted by molar-refractivity contribution is 0.211. The standard InChI is InChI=1S/C12H14N4O2S/c1-8(19-12-15-14-7-16(12)2)9-4-3-5-10(6-9)18-11(13)17/h3-8H,1-2H3,(H2,13,17)/t8-/m0/s1. The number of benzene rings is 1. The topological polar surface area (TPSA) is 83.0 Å². The van der Waals surface area contributed by atoms with E-state index in [-0.39, 0.29) is 5.25 Å². The number of nitrogens with two attached hydrogens (primary N) is 1. The van der Waals surface area contributed by atoms with Gasteiger partial charge in [0.05, 0.1) is 0 Å². The number of amides is 1. The molecule has 2 aromatic rings. The third kappa shape index (κ3) is 3.47. The number of rotatable bonds is 4. The van der Waals surface area contributed by atoms with Crippen molar-refractivity contribution in [3.63, 3.8) is 0 Å². The molecule has 2 N–H and O–H groups in total. The van der Waals surface area contributed by atoms with Gasteiger partial charge in [0.1, 0.15) is 12.1 Å². The highest BCUT2D eigenvalue weighted by Gasteiger charge is 2.12. The zero-order chi connectivity index (χ0) is 13.8. The molecule has 0 bridgehead atoms. The number of carbonyl (C=O) groups excluding carboxylic acids is 1. The molecular weight excluding hydrogens is 264 g/mol. The molecule has 0 saturated carbocycles. The fraction of sp³-hybridized carbons (Fsp3) is 0.250. The van der Waals surface area contributed by atoms with E-state index < -0.39 is 6.09 Å². The van der Waals surface area contributed by atoms with Crippen LogP contribution in [0.3, 0.4) is 0 Å². The van der Waals surface area contributed by atoms with E-state index in [2.05, 4.69) is 10.2 Å². The highest BCUT2D eigenvalue weighted by Crippen LogP contribution is 2.34. The van der Waals surface area contributed by atoms with Crippen molar-refractivity contribution in [3.8, 4) is 5.75 Å². The monoisotopic (exact) mass is 278 g/mol. The molecule has 1 aromatic heterocycles. The summed E-state index contributed by atoms with van der Waals surface area (Å²) in [4.78, 5) is 10.7. The number of ether oxygens (including phenoxy) is 1. The smallest absolute Gasteiger partial charge is 0.409 e. The first-order valence-corrected chi connectivity index (χ1v) is 6.52. The molecular formula is C12H14N4O2S. The summed E-state index contributed by atoms with van der Waals surface area (Å²) in [6, 6.07) is 7.26. The quantitative estimate of drug-likeness (QED) is 0.866. The molecule has 1 aromatic carbocycles. The van der Waals surface area contributed by atoms with Gasteiger partial charge in [-0.2, -0.15) is 0 Å². The second-order valence-corrected chi connectivity index (χ2v) is 5.29. The zero-order valence-corrected chi connectivity index (χ0v) is 11.4. The molecule has 0 aliphatic heterocycles. The van der Waals surface area contributed by atoms with Gasteiger partial charge in [0, 0.05) is 12.3 Å². The zero-order valence-electron chi connectivity index (χ0n) is 10.6. The van der Waals surface area contributed by atoms with Gasteiger partial charge >= 0.3 is 6.09 Å². The fourth-order valence-electron chi connectivity index (χ4n) is 1.55. The molecule has 0 fully saturated rings. The largest absolute Gasteiger partial charge is 0.410 e. The normalized spacial score (nSPS) is 12.1. The second-order valence-electron chi connectivity index (χ2n) is 3.98. The number of thioether (sulfide) groups is 1. The van der Waals surface area contributed by atoms with Crippen LogP contribution in [0.4, 0.5) is 4.79 Å². The number of nitrogens with zero attached hydrogens (tertiary/aromatic N) is 3. The first-order chi connectivity index (χ1) is 9.06.